The fourth-order valence-electron chi connectivity index (χ4n) is 0.854. The van der Waals surface area contributed by atoms with Crippen molar-refractivity contribution in [2.75, 3.05) is 0 Å². The molecule has 0 spiro atoms. The van der Waals surface area contributed by atoms with Gasteiger partial charge in [0, 0.05) is 0 Å². The van der Waals surface area contributed by atoms with E-state index in [1.165, 1.54) is 38.5 Å². The van der Waals surface area contributed by atoms with E-state index in [1.807, 2.05) is 0 Å². The molecule has 0 atom stereocenters. The summed E-state index contributed by atoms with van der Waals surface area (Å²) < 4.78 is 0. The van der Waals surface area contributed by atoms with Crippen LogP contribution in [0, 0.1) is 0 Å². The van der Waals surface area contributed by atoms with Crippen LogP contribution in [0.4, 0.5) is 0 Å². The Hall–Kier alpha value is 0.597. The summed E-state index contributed by atoms with van der Waals surface area (Å²) >= 11 is 0. The van der Waals surface area contributed by atoms with Crippen LogP contribution in [0.5, 0.6) is 0 Å². The minimum absolute atomic E-state index is 0. The fourth-order valence-corrected chi connectivity index (χ4v) is 0.854. The molecule has 0 aromatic carbocycles. The van der Waals surface area contributed by atoms with Crippen molar-refractivity contribution >= 4 is 18.9 Å². The molecule has 0 aliphatic rings. The first-order valence-corrected chi connectivity index (χ1v) is 3.91. The van der Waals surface area contributed by atoms with Gasteiger partial charge in [-0.3, -0.25) is 0 Å². The summed E-state index contributed by atoms with van der Waals surface area (Å²) in [5.41, 5.74) is 0. The van der Waals surface area contributed by atoms with Gasteiger partial charge in [-0.15, -0.1) is 0 Å². The van der Waals surface area contributed by atoms with Crippen LogP contribution < -0.4 is 0 Å². The zero-order valence-electron chi connectivity index (χ0n) is 6.24. The molecule has 0 heterocycles. The van der Waals surface area contributed by atoms with Gasteiger partial charge in [0.1, 0.15) is 0 Å². The molecular formula is C8H19Li. The third-order valence-corrected chi connectivity index (χ3v) is 1.46. The van der Waals surface area contributed by atoms with Gasteiger partial charge in [-0.05, 0) is 0 Å². The Kier molecular flexibility index (Phi) is 15.6. The van der Waals surface area contributed by atoms with E-state index in [0.29, 0.717) is 0 Å². The first-order valence-electron chi connectivity index (χ1n) is 3.91. The Labute approximate surface area is 71.6 Å². The number of hydrogen-bond acceptors (Lipinski definition) is 0. The molecule has 0 bridgehead atoms. The molecule has 0 rings (SSSR count). The van der Waals surface area contributed by atoms with E-state index in [1.54, 1.807) is 0 Å². The normalized spacial score (nSPS) is 8.67. The van der Waals surface area contributed by atoms with Crippen molar-refractivity contribution in [2.24, 2.45) is 0 Å². The van der Waals surface area contributed by atoms with Gasteiger partial charge >= 0.3 is 18.9 Å². The standard InChI is InChI=1S/C8H18.Li.H/c1-3-5-7-8-6-4-2;;/h3-8H2,1-2H3;;. The van der Waals surface area contributed by atoms with Crippen LogP contribution in [-0.2, 0) is 0 Å². The van der Waals surface area contributed by atoms with Gasteiger partial charge in [0.05, 0.1) is 0 Å². The van der Waals surface area contributed by atoms with Crippen LogP contribution in [0.25, 0.3) is 0 Å². The van der Waals surface area contributed by atoms with Crippen molar-refractivity contribution in [3.05, 3.63) is 0 Å². The van der Waals surface area contributed by atoms with Crippen LogP contribution in [0.3, 0.4) is 0 Å². The van der Waals surface area contributed by atoms with E-state index >= 15 is 0 Å². The summed E-state index contributed by atoms with van der Waals surface area (Å²) in [5, 5.41) is 0. The minimum atomic E-state index is 0. The molecule has 0 saturated carbocycles. The summed E-state index contributed by atoms with van der Waals surface area (Å²) in [6, 6.07) is 0. The molecule has 9 heavy (non-hydrogen) atoms. The summed E-state index contributed by atoms with van der Waals surface area (Å²) in [6.45, 7) is 4.51. The molecular weight excluding hydrogens is 103 g/mol. The van der Waals surface area contributed by atoms with Gasteiger partial charge in [0.2, 0.25) is 0 Å². The molecule has 0 aliphatic carbocycles. The van der Waals surface area contributed by atoms with E-state index in [0.717, 1.165) is 0 Å². The summed E-state index contributed by atoms with van der Waals surface area (Å²) in [7, 11) is 0. The van der Waals surface area contributed by atoms with Crippen LogP contribution in [-0.4, -0.2) is 18.9 Å². The fraction of sp³-hybridized carbons (Fsp3) is 1.00. The summed E-state index contributed by atoms with van der Waals surface area (Å²) in [5.74, 6) is 0. The van der Waals surface area contributed by atoms with E-state index in [9.17, 15) is 0 Å². The second kappa shape index (κ2) is 11.4. The average Bonchev–Trinajstić information content (AvgIpc) is 1.81. The maximum absolute atomic E-state index is 2.26. The van der Waals surface area contributed by atoms with Crippen molar-refractivity contribution in [2.45, 2.75) is 52.4 Å². The van der Waals surface area contributed by atoms with E-state index in [-0.39, 0.29) is 18.9 Å². The average molecular weight is 122 g/mol. The van der Waals surface area contributed by atoms with E-state index in [4.69, 9.17) is 0 Å². The van der Waals surface area contributed by atoms with E-state index < -0.39 is 0 Å². The molecule has 0 aliphatic heterocycles. The van der Waals surface area contributed by atoms with Crippen LogP contribution in [0.15, 0.2) is 0 Å². The second-order valence-electron chi connectivity index (χ2n) is 2.41. The van der Waals surface area contributed by atoms with Gasteiger partial charge < -0.3 is 0 Å². The molecule has 0 amide bonds. The SMILES string of the molecule is CCCCCCCC.[LiH]. The molecule has 0 N–H and O–H groups in total. The Bertz CT molecular complexity index is 29.5. The maximum atomic E-state index is 2.26. The Balaban J connectivity index is 0. The first-order chi connectivity index (χ1) is 3.91. The molecule has 0 unspecified atom stereocenters. The summed E-state index contributed by atoms with van der Waals surface area (Å²) in [6.07, 6.45) is 8.49. The molecule has 0 fully saturated rings. The number of rotatable bonds is 5. The van der Waals surface area contributed by atoms with Gasteiger partial charge in [0.15, 0.2) is 0 Å². The monoisotopic (exact) mass is 122 g/mol. The molecule has 0 nitrogen and oxygen atoms in total. The van der Waals surface area contributed by atoms with Gasteiger partial charge in [-0.2, -0.15) is 0 Å². The zero-order chi connectivity index (χ0) is 6.24. The van der Waals surface area contributed by atoms with Gasteiger partial charge in [0.25, 0.3) is 0 Å². The molecule has 0 radical (unpaired) electrons. The van der Waals surface area contributed by atoms with Gasteiger partial charge in [-0.1, -0.05) is 52.4 Å². The van der Waals surface area contributed by atoms with Gasteiger partial charge in [-0.25, -0.2) is 0 Å². The van der Waals surface area contributed by atoms with Crippen molar-refractivity contribution in [3.8, 4) is 0 Å². The molecule has 0 saturated heterocycles. The third-order valence-electron chi connectivity index (χ3n) is 1.46. The predicted octanol–water partition coefficient (Wildman–Crippen LogP) is 2.72. The Morgan fingerprint density at radius 2 is 1.00 bits per heavy atom. The third kappa shape index (κ3) is 11.9. The quantitative estimate of drug-likeness (QED) is 0.388. The molecule has 0 aromatic heterocycles. The first kappa shape index (κ1) is 12.3. The van der Waals surface area contributed by atoms with Crippen molar-refractivity contribution in [1.82, 2.24) is 0 Å². The summed E-state index contributed by atoms with van der Waals surface area (Å²) in [4.78, 5) is 0. The van der Waals surface area contributed by atoms with Crippen molar-refractivity contribution < 1.29 is 0 Å². The van der Waals surface area contributed by atoms with Crippen LogP contribution >= 0.6 is 0 Å². The zero-order valence-corrected chi connectivity index (χ0v) is 6.24. The predicted molar refractivity (Wildman–Crippen MR) is 46.2 cm³/mol. The topological polar surface area (TPSA) is 0 Å². The molecule has 1 heteroatoms. The van der Waals surface area contributed by atoms with E-state index in [2.05, 4.69) is 13.8 Å². The Morgan fingerprint density at radius 3 is 1.22 bits per heavy atom. The molecule has 52 valence electrons. The second-order valence-corrected chi connectivity index (χ2v) is 2.41. The Morgan fingerprint density at radius 1 is 0.667 bits per heavy atom. The number of unbranched alkanes of at least 4 members (excludes halogenated alkanes) is 5. The van der Waals surface area contributed by atoms with Crippen molar-refractivity contribution in [1.29, 1.82) is 0 Å². The van der Waals surface area contributed by atoms with Crippen LogP contribution in [0.1, 0.15) is 52.4 Å². The number of hydrogen-bond donors (Lipinski definition) is 0. The molecule has 0 aromatic rings. The van der Waals surface area contributed by atoms with Crippen LogP contribution in [0.2, 0.25) is 0 Å². The van der Waals surface area contributed by atoms with Crippen molar-refractivity contribution in [3.63, 3.8) is 0 Å².